The number of carbonyl (C=O) groups is 14. The highest BCUT2D eigenvalue weighted by Crippen LogP contribution is 2.42. The third-order valence-electron chi connectivity index (χ3n) is 15.6. The summed E-state index contributed by atoms with van der Waals surface area (Å²) in [5, 5.41) is 62.0. The molecule has 0 saturated heterocycles. The van der Waals surface area contributed by atoms with E-state index in [-0.39, 0.29) is 102 Å². The zero-order chi connectivity index (χ0) is 73.2. The van der Waals surface area contributed by atoms with Crippen molar-refractivity contribution < 1.29 is 92.0 Å². The molecule has 0 aromatic heterocycles. The van der Waals surface area contributed by atoms with Gasteiger partial charge in [-0.25, -0.2) is 4.79 Å². The SMILES string of the molecule is CC(C)C[C@H](NC(=O)[C@@H](C)CC(C)C)C(=O)N[C@@H](CCCCN)C(=O)N[C@@H](C)C(=O)N[C@@H](CCC(=O)O)C(=O)N[C@@H](CCC(=O)O)C(=O)N[C@@H](C)C(=O)N[C@@H](CC(N)=O)C(=O)N[C@@H](CCCCNC(=O)c1ccc(-c2c3ccc(=O)cc-3oc3cc(O)ccc23)c(C(=O)O)c1)C(N)=O. The first-order chi connectivity index (χ1) is 46.1. The summed E-state index contributed by atoms with van der Waals surface area (Å²) in [5.41, 5.74) is 17.1. The van der Waals surface area contributed by atoms with Crippen molar-refractivity contribution in [3.63, 3.8) is 0 Å². The van der Waals surface area contributed by atoms with Crippen LogP contribution < -0.4 is 70.5 Å². The van der Waals surface area contributed by atoms with E-state index >= 15 is 0 Å². The smallest absolute Gasteiger partial charge is 0.336 e. The summed E-state index contributed by atoms with van der Waals surface area (Å²) >= 11 is 0. The van der Waals surface area contributed by atoms with E-state index in [0.29, 0.717) is 35.8 Å². The zero-order valence-electron chi connectivity index (χ0n) is 55.7. The highest BCUT2D eigenvalue weighted by molar-refractivity contribution is 6.09. The molecule has 98 heavy (non-hydrogen) atoms. The molecule has 9 atom stereocenters. The minimum Gasteiger partial charge on any atom is -0.508 e. The summed E-state index contributed by atoms with van der Waals surface area (Å²) in [6.07, 6.45) is -1.77. The maximum atomic E-state index is 13.9. The average Bonchev–Trinajstić information content (AvgIpc) is 0.748. The molecule has 4 rings (SSSR count). The number of primary amides is 2. The van der Waals surface area contributed by atoms with Crippen LogP contribution in [0.1, 0.15) is 153 Å². The maximum absolute atomic E-state index is 13.9. The summed E-state index contributed by atoms with van der Waals surface area (Å²) in [4.78, 5) is 196. The standard InChI is InChI=1S/C66H90N12O20/c1-32(2)26-34(5)57(87)77-48(27-33(3)4)64(94)75-45(13-8-10-24-67)61(91)71-35(6)58(88)74-47(21-23-54(84)85)63(93)76-46(20-22-53(82)83)62(92)72-36(7)59(89)78-49(31-52(68)81)65(95)73-44(56(69)86)12-9-11-25-70-60(90)37-14-17-40(43(28-37)66(96)97)55-41-18-15-38(79)29-50(41)98-51-30-39(80)16-19-42(51)55/h14-19,28-30,32-36,44-49,79H,8-13,20-27,31,67H2,1-7H3,(H2,68,81)(H2,69,86)(H,70,90)(H,71,91)(H,72,92)(H,73,95)(H,74,88)(H,75,94)(H,76,93)(H,77,87)(H,78,89)(H,82,83)(H,84,85)(H,96,97)/t34-,35-,36-,44-,45-,46-,47-,48-,49-/m0/s1. The highest BCUT2D eigenvalue weighted by Gasteiger charge is 2.35. The number of nitrogens with two attached hydrogens (primary N) is 3. The van der Waals surface area contributed by atoms with Crippen LogP contribution in [0.4, 0.5) is 0 Å². The number of carbonyl (C=O) groups excluding carboxylic acids is 11. The van der Waals surface area contributed by atoms with Gasteiger partial charge in [-0.3, -0.25) is 67.1 Å². The van der Waals surface area contributed by atoms with Crippen LogP contribution in [0.3, 0.4) is 0 Å². The number of benzene rings is 3. The lowest BCUT2D eigenvalue weighted by Gasteiger charge is -2.27. The number of hydrogen-bond acceptors (Lipinski definition) is 18. The molecule has 0 fully saturated rings. The molecule has 19 N–H and O–H groups in total. The Kier molecular flexibility index (Phi) is 31.2. The number of aliphatic carboxylic acids is 2. The number of phenols is 1. The normalized spacial score (nSPS) is 14.0. The molecule has 534 valence electrons. The fourth-order valence-electron chi connectivity index (χ4n) is 10.5. The largest absolute Gasteiger partial charge is 0.508 e. The molecule has 0 saturated carbocycles. The molecule has 0 radical (unpaired) electrons. The first kappa shape index (κ1) is 79.9. The van der Waals surface area contributed by atoms with Crippen LogP contribution in [0.2, 0.25) is 0 Å². The predicted octanol–water partition coefficient (Wildman–Crippen LogP) is 0.734. The molecule has 1 aliphatic carbocycles. The van der Waals surface area contributed by atoms with Gasteiger partial charge in [0, 0.05) is 59.5 Å². The van der Waals surface area contributed by atoms with E-state index in [1.807, 2.05) is 27.7 Å². The second-order valence-corrected chi connectivity index (χ2v) is 24.8. The lowest BCUT2D eigenvalue weighted by molar-refractivity contribution is -0.140. The highest BCUT2D eigenvalue weighted by atomic mass is 16.4. The molecule has 11 amide bonds. The summed E-state index contributed by atoms with van der Waals surface area (Å²) in [6.45, 7) is 11.9. The number of hydrogen-bond donors (Lipinski definition) is 16. The van der Waals surface area contributed by atoms with E-state index < -0.39 is 163 Å². The zero-order valence-corrected chi connectivity index (χ0v) is 55.7. The van der Waals surface area contributed by atoms with Crippen molar-refractivity contribution in [1.29, 1.82) is 0 Å². The fourth-order valence-corrected chi connectivity index (χ4v) is 10.5. The van der Waals surface area contributed by atoms with Gasteiger partial charge in [0.25, 0.3) is 5.91 Å². The van der Waals surface area contributed by atoms with Gasteiger partial charge in [0.15, 0.2) is 5.43 Å². The van der Waals surface area contributed by atoms with Crippen LogP contribution in [-0.2, 0) is 57.5 Å². The van der Waals surface area contributed by atoms with E-state index in [9.17, 15) is 92.3 Å². The number of aromatic hydroxyl groups is 1. The number of rotatable bonds is 41. The molecule has 0 bridgehead atoms. The van der Waals surface area contributed by atoms with Crippen molar-refractivity contribution in [3.8, 4) is 28.2 Å². The second-order valence-electron chi connectivity index (χ2n) is 24.8. The Morgan fingerprint density at radius 1 is 0.500 bits per heavy atom. The quantitative estimate of drug-likeness (QED) is 0.0215. The van der Waals surface area contributed by atoms with Gasteiger partial charge >= 0.3 is 17.9 Å². The van der Waals surface area contributed by atoms with Gasteiger partial charge < -0.3 is 89.9 Å². The molecule has 32 heteroatoms. The monoisotopic (exact) mass is 1370 g/mol. The van der Waals surface area contributed by atoms with Crippen molar-refractivity contribution >= 4 is 93.9 Å². The maximum Gasteiger partial charge on any atom is 0.336 e. The third kappa shape index (κ3) is 25.2. The van der Waals surface area contributed by atoms with Crippen molar-refractivity contribution in [2.75, 3.05) is 13.1 Å². The van der Waals surface area contributed by atoms with Crippen LogP contribution in [0.15, 0.2) is 63.8 Å². The van der Waals surface area contributed by atoms with Crippen molar-refractivity contribution in [2.24, 2.45) is 35.0 Å². The van der Waals surface area contributed by atoms with Crippen LogP contribution >= 0.6 is 0 Å². The molecule has 0 unspecified atom stereocenters. The average molecular weight is 1370 g/mol. The van der Waals surface area contributed by atoms with Crippen molar-refractivity contribution in [3.05, 3.63) is 75.9 Å². The number of carboxylic acid groups (broad SMARTS) is 3. The predicted molar refractivity (Wildman–Crippen MR) is 354 cm³/mol. The van der Waals surface area contributed by atoms with E-state index in [4.69, 9.17) is 21.6 Å². The Morgan fingerprint density at radius 3 is 1.53 bits per heavy atom. The topological polar surface area (TPSA) is 536 Å². The van der Waals surface area contributed by atoms with Crippen molar-refractivity contribution in [2.45, 2.75) is 180 Å². The Bertz CT molecular complexity index is 3610. The summed E-state index contributed by atoms with van der Waals surface area (Å²) < 4.78 is 5.87. The minimum atomic E-state index is -1.80. The van der Waals surface area contributed by atoms with Gasteiger partial charge in [-0.05, 0) is 138 Å². The molecular weight excluding hydrogens is 1280 g/mol. The Labute approximate surface area is 564 Å². The molecule has 0 spiro atoms. The lowest BCUT2D eigenvalue weighted by Crippen LogP contribution is -2.60. The number of fused-ring (bicyclic) bond motifs is 2. The van der Waals surface area contributed by atoms with Gasteiger partial charge in [0.2, 0.25) is 59.1 Å². The second kappa shape index (κ2) is 38.3. The van der Waals surface area contributed by atoms with Crippen LogP contribution in [-0.4, -0.2) is 165 Å². The van der Waals surface area contributed by atoms with Crippen molar-refractivity contribution in [1.82, 2.24) is 47.9 Å². The number of amides is 11. The molecule has 2 aliphatic rings. The van der Waals surface area contributed by atoms with Gasteiger partial charge in [0.05, 0.1) is 12.0 Å². The number of unbranched alkanes of at least 4 members (excludes halogenated alkanes) is 2. The third-order valence-corrected chi connectivity index (χ3v) is 15.6. The summed E-state index contributed by atoms with van der Waals surface area (Å²) in [5.74, 6) is -14.9. The van der Waals surface area contributed by atoms with E-state index in [2.05, 4.69) is 47.9 Å². The Balaban J connectivity index is 1.40. The molecule has 32 nitrogen and oxygen atoms in total. The van der Waals surface area contributed by atoms with Gasteiger partial charge in [-0.15, -0.1) is 0 Å². The van der Waals surface area contributed by atoms with Gasteiger partial charge in [-0.2, -0.15) is 0 Å². The Morgan fingerprint density at radius 2 is 0.990 bits per heavy atom. The van der Waals surface area contributed by atoms with Gasteiger partial charge in [-0.1, -0.05) is 40.7 Å². The number of aromatic carboxylic acids is 1. The number of nitrogens with one attached hydrogen (secondary N) is 9. The van der Waals surface area contributed by atoms with Crippen LogP contribution in [0, 0.1) is 17.8 Å². The van der Waals surface area contributed by atoms with Crippen LogP contribution in [0.5, 0.6) is 5.75 Å². The number of carboxylic acids is 3. The number of phenolic OH excluding ortho intramolecular Hbond substituents is 1. The van der Waals surface area contributed by atoms with Gasteiger partial charge in [0.1, 0.15) is 65.4 Å². The first-order valence-corrected chi connectivity index (χ1v) is 32.1. The molecule has 1 aliphatic heterocycles. The fraction of sp³-hybridized carbons (Fsp3) is 0.500. The molecule has 2 aromatic carbocycles. The lowest BCUT2D eigenvalue weighted by atomic mass is 9.90. The molecule has 2 aromatic rings. The van der Waals surface area contributed by atoms with E-state index in [0.717, 1.165) is 13.0 Å². The van der Waals surface area contributed by atoms with Crippen LogP contribution in [0.25, 0.3) is 33.4 Å². The summed E-state index contributed by atoms with van der Waals surface area (Å²) in [7, 11) is 0. The minimum absolute atomic E-state index is 0.0312. The molecular formula is C66H90N12O20. The van der Waals surface area contributed by atoms with E-state index in [1.165, 1.54) is 55.5 Å². The molecule has 1 heterocycles. The first-order valence-electron chi connectivity index (χ1n) is 32.1. The summed E-state index contributed by atoms with van der Waals surface area (Å²) in [6, 6.07) is 0.00827. The van der Waals surface area contributed by atoms with E-state index in [1.54, 1.807) is 6.92 Å². The Hall–Kier alpha value is -10.5.